The summed E-state index contributed by atoms with van der Waals surface area (Å²) in [4.78, 5) is 9.02. The monoisotopic (exact) mass is 294 g/mol. The minimum absolute atomic E-state index is 0.674. The van der Waals surface area contributed by atoms with Gasteiger partial charge in [-0.1, -0.05) is 35.9 Å². The minimum atomic E-state index is 0.674. The molecule has 0 N–H and O–H groups in total. The van der Waals surface area contributed by atoms with Crippen LogP contribution in [0.2, 0.25) is 5.02 Å². The van der Waals surface area contributed by atoms with E-state index < -0.39 is 0 Å². The van der Waals surface area contributed by atoms with Crippen LogP contribution in [0.1, 0.15) is 11.4 Å². The zero-order chi connectivity index (χ0) is 14.2. The molecule has 0 aliphatic heterocycles. The first-order valence-electron chi connectivity index (χ1n) is 6.63. The number of aromatic nitrogens is 4. The summed E-state index contributed by atoms with van der Waals surface area (Å²) in [5, 5.41) is 6.23. The molecule has 4 aromatic rings. The average Bonchev–Trinajstić information content (AvgIpc) is 2.92. The molecule has 0 saturated heterocycles. The van der Waals surface area contributed by atoms with Crippen molar-refractivity contribution in [1.82, 2.24) is 19.6 Å². The van der Waals surface area contributed by atoms with Gasteiger partial charge in [-0.15, -0.1) is 5.10 Å². The molecule has 21 heavy (non-hydrogen) atoms. The number of benzene rings is 2. The molecule has 2 aromatic carbocycles. The molecule has 0 unspecified atom stereocenters. The van der Waals surface area contributed by atoms with E-state index in [2.05, 4.69) is 15.1 Å². The molecule has 0 radical (unpaired) electrons. The Hall–Kier alpha value is -2.46. The van der Waals surface area contributed by atoms with Crippen molar-refractivity contribution in [1.29, 1.82) is 0 Å². The van der Waals surface area contributed by atoms with Crippen LogP contribution in [0.4, 0.5) is 0 Å². The zero-order valence-corrected chi connectivity index (χ0v) is 11.8. The summed E-state index contributed by atoms with van der Waals surface area (Å²) in [6.07, 6.45) is 2.38. The Bertz CT molecular complexity index is 928. The third-order valence-corrected chi connectivity index (χ3v) is 3.65. The lowest BCUT2D eigenvalue weighted by atomic mass is 10.1. The van der Waals surface area contributed by atoms with Gasteiger partial charge >= 0.3 is 0 Å². The topological polar surface area (TPSA) is 43.1 Å². The maximum atomic E-state index is 5.90. The van der Waals surface area contributed by atoms with E-state index in [1.807, 2.05) is 48.5 Å². The van der Waals surface area contributed by atoms with Crippen molar-refractivity contribution in [3.8, 4) is 0 Å². The smallest absolute Gasteiger partial charge is 0.166 e. The molecule has 102 valence electrons. The van der Waals surface area contributed by atoms with Crippen molar-refractivity contribution in [2.24, 2.45) is 0 Å². The lowest BCUT2D eigenvalue weighted by molar-refractivity contribution is 0.884. The summed E-state index contributed by atoms with van der Waals surface area (Å²) in [6, 6.07) is 15.7. The van der Waals surface area contributed by atoms with E-state index in [0.717, 1.165) is 33.0 Å². The Morgan fingerprint density at radius 2 is 1.81 bits per heavy atom. The summed E-state index contributed by atoms with van der Waals surface area (Å²) in [6.45, 7) is 0. The molecule has 0 aliphatic carbocycles. The molecule has 0 bridgehead atoms. The Labute approximate surface area is 126 Å². The second-order valence-corrected chi connectivity index (χ2v) is 5.30. The molecular weight excluding hydrogens is 284 g/mol. The number of hydrogen-bond acceptors (Lipinski definition) is 3. The van der Waals surface area contributed by atoms with E-state index >= 15 is 0 Å². The van der Waals surface area contributed by atoms with Gasteiger partial charge in [-0.3, -0.25) is 0 Å². The second-order valence-electron chi connectivity index (χ2n) is 4.86. The summed E-state index contributed by atoms with van der Waals surface area (Å²) in [5.74, 6) is 0.774. The highest BCUT2D eigenvalue weighted by Gasteiger charge is 2.08. The lowest BCUT2D eigenvalue weighted by Gasteiger charge is -1.96. The summed E-state index contributed by atoms with van der Waals surface area (Å²) in [7, 11) is 0. The van der Waals surface area contributed by atoms with Crippen molar-refractivity contribution in [2.45, 2.75) is 6.42 Å². The van der Waals surface area contributed by atoms with Crippen molar-refractivity contribution >= 4 is 28.2 Å². The average molecular weight is 295 g/mol. The van der Waals surface area contributed by atoms with E-state index in [4.69, 9.17) is 11.6 Å². The van der Waals surface area contributed by atoms with Gasteiger partial charge in [0.25, 0.3) is 0 Å². The first kappa shape index (κ1) is 12.3. The predicted molar refractivity (Wildman–Crippen MR) is 82.5 cm³/mol. The van der Waals surface area contributed by atoms with E-state index in [9.17, 15) is 0 Å². The summed E-state index contributed by atoms with van der Waals surface area (Å²) in [5.41, 5.74) is 2.90. The Kier molecular flexibility index (Phi) is 2.82. The molecule has 0 saturated carbocycles. The van der Waals surface area contributed by atoms with Crippen LogP contribution in [0, 0.1) is 0 Å². The highest BCUT2D eigenvalue weighted by molar-refractivity contribution is 6.30. The molecule has 5 heteroatoms. The maximum Gasteiger partial charge on any atom is 0.166 e. The van der Waals surface area contributed by atoms with Crippen molar-refractivity contribution in [2.75, 3.05) is 0 Å². The molecule has 2 aromatic heterocycles. The number of fused-ring (bicyclic) bond motifs is 3. The van der Waals surface area contributed by atoms with Gasteiger partial charge in [0, 0.05) is 16.8 Å². The van der Waals surface area contributed by atoms with Crippen LogP contribution in [-0.2, 0) is 6.42 Å². The molecular formula is C16H11ClN4. The quantitative estimate of drug-likeness (QED) is 0.568. The summed E-state index contributed by atoms with van der Waals surface area (Å²) < 4.78 is 1.73. The van der Waals surface area contributed by atoms with Crippen LogP contribution in [0.25, 0.3) is 16.6 Å². The van der Waals surface area contributed by atoms with E-state index in [1.165, 1.54) is 0 Å². The third-order valence-electron chi connectivity index (χ3n) is 3.40. The Balaban J connectivity index is 1.79. The van der Waals surface area contributed by atoms with Gasteiger partial charge in [0.15, 0.2) is 11.5 Å². The van der Waals surface area contributed by atoms with E-state index in [0.29, 0.717) is 6.42 Å². The number of para-hydroxylation sites is 1. The SMILES string of the molecule is Clc1ccc(Cc2nc3c4ccccc4ncn3n2)cc1. The van der Waals surface area contributed by atoms with Crippen LogP contribution < -0.4 is 0 Å². The zero-order valence-electron chi connectivity index (χ0n) is 11.1. The Morgan fingerprint density at radius 3 is 2.67 bits per heavy atom. The molecule has 0 aliphatic rings. The van der Waals surface area contributed by atoms with E-state index in [-0.39, 0.29) is 0 Å². The molecule has 4 nitrogen and oxygen atoms in total. The third kappa shape index (κ3) is 2.23. The molecule has 0 amide bonds. The lowest BCUT2D eigenvalue weighted by Crippen LogP contribution is -1.92. The number of hydrogen-bond donors (Lipinski definition) is 0. The molecule has 4 rings (SSSR count). The van der Waals surface area contributed by atoms with Gasteiger partial charge in [0.05, 0.1) is 5.52 Å². The second kappa shape index (κ2) is 4.82. The Morgan fingerprint density at radius 1 is 1.00 bits per heavy atom. The standard InChI is InChI=1S/C16H11ClN4/c17-12-7-5-11(6-8-12)9-15-19-16-13-3-1-2-4-14(13)18-10-21(16)20-15/h1-8,10H,9H2. The van der Waals surface area contributed by atoms with Crippen molar-refractivity contribution in [3.05, 3.63) is 71.3 Å². The van der Waals surface area contributed by atoms with Gasteiger partial charge in [0.1, 0.15) is 6.33 Å². The van der Waals surface area contributed by atoms with Crippen LogP contribution in [0.5, 0.6) is 0 Å². The number of halogens is 1. The van der Waals surface area contributed by atoms with Gasteiger partial charge in [-0.05, 0) is 29.8 Å². The molecule has 0 atom stereocenters. The predicted octanol–water partition coefficient (Wildman–Crippen LogP) is 3.52. The van der Waals surface area contributed by atoms with Gasteiger partial charge in [-0.2, -0.15) is 0 Å². The van der Waals surface area contributed by atoms with Crippen molar-refractivity contribution < 1.29 is 0 Å². The number of nitrogens with zero attached hydrogens (tertiary/aromatic N) is 4. The molecule has 0 spiro atoms. The molecule has 2 heterocycles. The first-order chi connectivity index (χ1) is 10.3. The largest absolute Gasteiger partial charge is 0.236 e. The minimum Gasteiger partial charge on any atom is -0.236 e. The fourth-order valence-electron chi connectivity index (χ4n) is 2.38. The number of rotatable bonds is 2. The maximum absolute atomic E-state index is 5.90. The van der Waals surface area contributed by atoms with E-state index in [1.54, 1.807) is 10.8 Å². The fraction of sp³-hybridized carbons (Fsp3) is 0.0625. The van der Waals surface area contributed by atoms with Gasteiger partial charge in [0.2, 0.25) is 0 Å². The van der Waals surface area contributed by atoms with Gasteiger partial charge < -0.3 is 0 Å². The van der Waals surface area contributed by atoms with Gasteiger partial charge in [-0.25, -0.2) is 14.5 Å². The van der Waals surface area contributed by atoms with Crippen LogP contribution in [0.3, 0.4) is 0 Å². The fourth-order valence-corrected chi connectivity index (χ4v) is 2.51. The van der Waals surface area contributed by atoms with Crippen LogP contribution in [0.15, 0.2) is 54.9 Å². The summed E-state index contributed by atoms with van der Waals surface area (Å²) >= 11 is 5.90. The normalized spacial score (nSPS) is 11.3. The van der Waals surface area contributed by atoms with Crippen molar-refractivity contribution in [3.63, 3.8) is 0 Å². The van der Waals surface area contributed by atoms with Crippen LogP contribution >= 0.6 is 11.6 Å². The van der Waals surface area contributed by atoms with Crippen LogP contribution in [-0.4, -0.2) is 19.6 Å². The molecule has 0 fully saturated rings. The first-order valence-corrected chi connectivity index (χ1v) is 7.01. The highest BCUT2D eigenvalue weighted by Crippen LogP contribution is 2.17. The highest BCUT2D eigenvalue weighted by atomic mass is 35.5.